The predicted octanol–water partition coefficient (Wildman–Crippen LogP) is 4.37. The van der Waals surface area contributed by atoms with Gasteiger partial charge in [-0.3, -0.25) is 4.99 Å². The van der Waals surface area contributed by atoms with E-state index in [2.05, 4.69) is 53.4 Å². The zero-order valence-corrected chi connectivity index (χ0v) is 13.2. The molecule has 1 aliphatic rings. The SMILES string of the molecule is CC(C)c1ccc2c(C3=NCc4ccccc4N3)c(O)[nH]c2c1. The van der Waals surface area contributed by atoms with E-state index in [1.165, 1.54) is 5.56 Å². The van der Waals surface area contributed by atoms with Crippen molar-refractivity contribution in [2.45, 2.75) is 26.3 Å². The van der Waals surface area contributed by atoms with Crippen LogP contribution in [0.2, 0.25) is 0 Å². The molecule has 0 amide bonds. The van der Waals surface area contributed by atoms with Crippen LogP contribution in [0, 0.1) is 0 Å². The first kappa shape index (κ1) is 13.9. The van der Waals surface area contributed by atoms with E-state index >= 15 is 0 Å². The number of H-pyrrole nitrogens is 1. The molecule has 116 valence electrons. The van der Waals surface area contributed by atoms with Crippen molar-refractivity contribution < 1.29 is 5.11 Å². The first-order chi connectivity index (χ1) is 11.1. The Morgan fingerprint density at radius 2 is 1.96 bits per heavy atom. The molecule has 0 atom stereocenters. The Bertz CT molecular complexity index is 922. The molecule has 2 heterocycles. The van der Waals surface area contributed by atoms with E-state index < -0.39 is 0 Å². The van der Waals surface area contributed by atoms with E-state index in [0.29, 0.717) is 18.3 Å². The largest absolute Gasteiger partial charge is 0.494 e. The topological polar surface area (TPSA) is 60.4 Å². The monoisotopic (exact) mass is 305 g/mol. The maximum absolute atomic E-state index is 10.4. The van der Waals surface area contributed by atoms with Gasteiger partial charge in [0.25, 0.3) is 0 Å². The lowest BCUT2D eigenvalue weighted by Crippen LogP contribution is -2.18. The zero-order valence-electron chi connectivity index (χ0n) is 13.2. The molecule has 0 spiro atoms. The Labute approximate surface area is 134 Å². The minimum atomic E-state index is 0.159. The molecule has 4 rings (SSSR count). The first-order valence-corrected chi connectivity index (χ1v) is 7.88. The first-order valence-electron chi connectivity index (χ1n) is 7.88. The van der Waals surface area contributed by atoms with Gasteiger partial charge in [0.05, 0.1) is 12.1 Å². The Morgan fingerprint density at radius 1 is 1.13 bits per heavy atom. The van der Waals surface area contributed by atoms with Gasteiger partial charge in [-0.2, -0.15) is 0 Å². The lowest BCUT2D eigenvalue weighted by molar-refractivity contribution is 0.457. The number of para-hydroxylation sites is 1. The van der Waals surface area contributed by atoms with E-state index in [-0.39, 0.29) is 5.88 Å². The number of aromatic nitrogens is 1. The van der Waals surface area contributed by atoms with Crippen LogP contribution in [0.15, 0.2) is 47.5 Å². The number of aliphatic imine (C=N–C) groups is 1. The Balaban J connectivity index is 1.81. The average Bonchev–Trinajstić information content (AvgIpc) is 2.89. The molecule has 4 heteroatoms. The fraction of sp³-hybridized carbons (Fsp3) is 0.211. The molecule has 2 aromatic carbocycles. The highest BCUT2D eigenvalue weighted by Gasteiger charge is 2.20. The summed E-state index contributed by atoms with van der Waals surface area (Å²) in [5.41, 5.74) is 5.13. The van der Waals surface area contributed by atoms with Gasteiger partial charge in [0.15, 0.2) is 0 Å². The summed E-state index contributed by atoms with van der Waals surface area (Å²) in [4.78, 5) is 7.69. The van der Waals surface area contributed by atoms with E-state index in [1.807, 2.05) is 18.2 Å². The summed E-state index contributed by atoms with van der Waals surface area (Å²) in [6, 6.07) is 14.4. The lowest BCUT2D eigenvalue weighted by atomic mass is 10.0. The van der Waals surface area contributed by atoms with E-state index in [4.69, 9.17) is 0 Å². The molecule has 3 aromatic rings. The molecule has 0 aliphatic carbocycles. The number of nitrogens with zero attached hydrogens (tertiary/aromatic N) is 1. The highest BCUT2D eigenvalue weighted by Crippen LogP contribution is 2.32. The van der Waals surface area contributed by atoms with Crippen LogP contribution in [-0.4, -0.2) is 15.9 Å². The molecule has 0 radical (unpaired) electrons. The summed E-state index contributed by atoms with van der Waals surface area (Å²) in [5.74, 6) is 1.32. The molecule has 0 bridgehead atoms. The normalized spacial score (nSPS) is 13.8. The van der Waals surface area contributed by atoms with Gasteiger partial charge in [-0.1, -0.05) is 44.2 Å². The van der Waals surface area contributed by atoms with Crippen LogP contribution >= 0.6 is 0 Å². The van der Waals surface area contributed by atoms with Crippen molar-refractivity contribution in [1.29, 1.82) is 0 Å². The maximum Gasteiger partial charge on any atom is 0.200 e. The van der Waals surface area contributed by atoms with Crippen molar-refractivity contribution in [3.63, 3.8) is 0 Å². The molecular weight excluding hydrogens is 286 g/mol. The van der Waals surface area contributed by atoms with Crippen molar-refractivity contribution in [3.05, 3.63) is 59.2 Å². The molecule has 1 aromatic heterocycles. The second-order valence-electron chi connectivity index (χ2n) is 6.26. The Hall–Kier alpha value is -2.75. The predicted molar refractivity (Wildman–Crippen MR) is 94.4 cm³/mol. The van der Waals surface area contributed by atoms with Gasteiger partial charge < -0.3 is 15.4 Å². The van der Waals surface area contributed by atoms with Gasteiger partial charge in [-0.15, -0.1) is 0 Å². The molecule has 3 N–H and O–H groups in total. The van der Waals surface area contributed by atoms with Crippen LogP contribution in [0.1, 0.15) is 36.5 Å². The zero-order chi connectivity index (χ0) is 16.0. The van der Waals surface area contributed by atoms with Crippen LogP contribution in [0.25, 0.3) is 10.9 Å². The maximum atomic E-state index is 10.4. The summed E-state index contributed by atoms with van der Waals surface area (Å²) < 4.78 is 0. The molecule has 0 unspecified atom stereocenters. The number of benzene rings is 2. The Kier molecular flexibility index (Phi) is 3.11. The number of nitrogens with one attached hydrogen (secondary N) is 2. The number of aromatic hydroxyl groups is 1. The molecule has 0 saturated carbocycles. The van der Waals surface area contributed by atoms with Crippen molar-refractivity contribution in [2.75, 3.05) is 5.32 Å². The second kappa shape index (κ2) is 5.16. The number of anilines is 1. The average molecular weight is 305 g/mol. The second-order valence-corrected chi connectivity index (χ2v) is 6.26. The van der Waals surface area contributed by atoms with Gasteiger partial charge >= 0.3 is 0 Å². The molecule has 1 aliphatic heterocycles. The summed E-state index contributed by atoms with van der Waals surface area (Å²) in [7, 11) is 0. The standard InChI is InChI=1S/C19H19N3O/c1-11(2)12-7-8-14-16(9-12)22-19(23)17(14)18-20-10-13-5-3-4-6-15(13)21-18/h3-9,11,22-23H,10H2,1-2H3,(H,20,21). The van der Waals surface area contributed by atoms with Crippen LogP contribution in [0.5, 0.6) is 5.88 Å². The number of fused-ring (bicyclic) bond motifs is 2. The number of rotatable bonds is 2. The van der Waals surface area contributed by atoms with E-state index in [9.17, 15) is 5.11 Å². The molecular formula is C19H19N3O. The lowest BCUT2D eigenvalue weighted by Gasteiger charge is -2.18. The third kappa shape index (κ3) is 2.27. The number of aromatic amines is 1. The van der Waals surface area contributed by atoms with Crippen molar-refractivity contribution >= 4 is 22.4 Å². The van der Waals surface area contributed by atoms with Crippen molar-refractivity contribution in [3.8, 4) is 5.88 Å². The highest BCUT2D eigenvalue weighted by atomic mass is 16.3. The van der Waals surface area contributed by atoms with Crippen LogP contribution < -0.4 is 5.32 Å². The van der Waals surface area contributed by atoms with Crippen LogP contribution in [0.4, 0.5) is 5.69 Å². The van der Waals surface area contributed by atoms with Gasteiger partial charge in [0, 0.05) is 16.6 Å². The summed E-state index contributed by atoms with van der Waals surface area (Å²) >= 11 is 0. The van der Waals surface area contributed by atoms with E-state index in [0.717, 1.165) is 27.7 Å². The van der Waals surface area contributed by atoms with Gasteiger partial charge in [-0.05, 0) is 29.2 Å². The summed E-state index contributed by atoms with van der Waals surface area (Å²) in [6.45, 7) is 4.94. The Morgan fingerprint density at radius 3 is 2.78 bits per heavy atom. The molecule has 23 heavy (non-hydrogen) atoms. The molecule has 0 fully saturated rings. The van der Waals surface area contributed by atoms with E-state index in [1.54, 1.807) is 0 Å². The number of amidine groups is 1. The fourth-order valence-electron chi connectivity index (χ4n) is 3.05. The van der Waals surface area contributed by atoms with Gasteiger partial charge in [0.1, 0.15) is 5.84 Å². The van der Waals surface area contributed by atoms with Crippen LogP contribution in [-0.2, 0) is 6.54 Å². The summed E-state index contributed by atoms with van der Waals surface area (Å²) in [6.07, 6.45) is 0. The minimum Gasteiger partial charge on any atom is -0.494 e. The third-order valence-corrected chi connectivity index (χ3v) is 4.38. The van der Waals surface area contributed by atoms with Gasteiger partial charge in [-0.25, -0.2) is 0 Å². The number of hydrogen-bond donors (Lipinski definition) is 3. The minimum absolute atomic E-state index is 0.159. The third-order valence-electron chi connectivity index (χ3n) is 4.38. The smallest absolute Gasteiger partial charge is 0.200 e. The van der Waals surface area contributed by atoms with Crippen molar-refractivity contribution in [2.24, 2.45) is 4.99 Å². The quantitative estimate of drug-likeness (QED) is 0.658. The van der Waals surface area contributed by atoms with Crippen molar-refractivity contribution in [1.82, 2.24) is 4.98 Å². The van der Waals surface area contributed by atoms with Crippen LogP contribution in [0.3, 0.4) is 0 Å². The summed E-state index contributed by atoms with van der Waals surface area (Å²) in [5, 5.41) is 14.7. The fourth-order valence-corrected chi connectivity index (χ4v) is 3.05. The number of hydrogen-bond acceptors (Lipinski definition) is 3. The molecule has 4 nitrogen and oxygen atoms in total. The van der Waals surface area contributed by atoms with Gasteiger partial charge in [0.2, 0.25) is 5.88 Å². The molecule has 0 saturated heterocycles. The highest BCUT2D eigenvalue weighted by molar-refractivity contribution is 6.18.